The predicted octanol–water partition coefficient (Wildman–Crippen LogP) is 4.95. The average Bonchev–Trinajstić information content (AvgIpc) is 3.28. The third-order valence-electron chi connectivity index (χ3n) is 5.13. The number of ether oxygens (including phenoxy) is 1. The summed E-state index contributed by atoms with van der Waals surface area (Å²) < 4.78 is 7.18. The van der Waals surface area contributed by atoms with Crippen molar-refractivity contribution in [3.63, 3.8) is 0 Å². The second-order valence-electron chi connectivity index (χ2n) is 8.32. The average molecular weight is 408 g/mol. The minimum absolute atomic E-state index is 0.0894. The van der Waals surface area contributed by atoms with E-state index >= 15 is 0 Å². The van der Waals surface area contributed by atoms with Crippen LogP contribution < -0.4 is 0 Å². The van der Waals surface area contributed by atoms with Crippen molar-refractivity contribution in [1.82, 2.24) is 14.8 Å². The van der Waals surface area contributed by atoms with E-state index in [1.165, 1.54) is 17.3 Å². The number of rotatable bonds is 4. The normalized spacial score (nSPS) is 16.8. The van der Waals surface area contributed by atoms with Gasteiger partial charge < -0.3 is 4.74 Å². The molecule has 150 valence electrons. The molecular formula is C23H25N3O2S. The first-order chi connectivity index (χ1) is 13.8. The van der Waals surface area contributed by atoms with Crippen LogP contribution in [0.1, 0.15) is 38.3 Å². The highest BCUT2D eigenvalue weighted by Gasteiger charge is 2.30. The van der Waals surface area contributed by atoms with Gasteiger partial charge in [0.25, 0.3) is 0 Å². The summed E-state index contributed by atoms with van der Waals surface area (Å²) in [6.45, 7) is 9.14. The lowest BCUT2D eigenvalue weighted by molar-refractivity contribution is -0.137. The van der Waals surface area contributed by atoms with Crippen LogP contribution in [0.3, 0.4) is 0 Å². The molecule has 6 heteroatoms. The number of benzene rings is 2. The summed E-state index contributed by atoms with van der Waals surface area (Å²) in [6, 6.07) is 16.6. The minimum atomic E-state index is -0.238. The first kappa shape index (κ1) is 19.7. The van der Waals surface area contributed by atoms with Gasteiger partial charge in [-0.3, -0.25) is 9.36 Å². The summed E-state index contributed by atoms with van der Waals surface area (Å²) in [7, 11) is 0. The van der Waals surface area contributed by atoms with Gasteiger partial charge in [0.1, 0.15) is 5.25 Å². The SMILES string of the molecule is Cc1ccccc1-n1c(SC2CCOC2=O)nnc1-c1ccc(C(C)(C)C)cc1. The number of carbonyl (C=O) groups is 1. The first-order valence-electron chi connectivity index (χ1n) is 9.80. The molecule has 1 fully saturated rings. The van der Waals surface area contributed by atoms with Gasteiger partial charge in [0.05, 0.1) is 12.3 Å². The van der Waals surface area contributed by atoms with Gasteiger partial charge >= 0.3 is 5.97 Å². The Labute approximate surface area is 175 Å². The van der Waals surface area contributed by atoms with Gasteiger partial charge in [0.2, 0.25) is 0 Å². The molecule has 0 radical (unpaired) electrons. The predicted molar refractivity (Wildman–Crippen MR) is 115 cm³/mol. The quantitative estimate of drug-likeness (QED) is 0.573. The molecule has 0 spiro atoms. The highest BCUT2D eigenvalue weighted by Crippen LogP contribution is 2.34. The van der Waals surface area contributed by atoms with E-state index in [2.05, 4.69) is 78.9 Å². The summed E-state index contributed by atoms with van der Waals surface area (Å²) in [4.78, 5) is 12.0. The maximum atomic E-state index is 12.0. The van der Waals surface area contributed by atoms with Crippen LogP contribution in [0.4, 0.5) is 0 Å². The number of thioether (sulfide) groups is 1. The smallest absolute Gasteiger partial charge is 0.319 e. The van der Waals surface area contributed by atoms with Gasteiger partial charge in [-0.1, -0.05) is 75.0 Å². The Morgan fingerprint density at radius 1 is 1.07 bits per heavy atom. The maximum Gasteiger partial charge on any atom is 0.319 e. The Bertz CT molecular complexity index is 1040. The topological polar surface area (TPSA) is 57.0 Å². The molecule has 0 amide bonds. The fraction of sp³-hybridized carbons (Fsp3) is 0.348. The lowest BCUT2D eigenvalue weighted by Crippen LogP contribution is -2.12. The second kappa shape index (κ2) is 7.67. The Hall–Kier alpha value is -2.60. The van der Waals surface area contributed by atoms with Crippen LogP contribution in [0.25, 0.3) is 17.1 Å². The molecule has 4 rings (SSSR count). The second-order valence-corrected chi connectivity index (χ2v) is 9.49. The van der Waals surface area contributed by atoms with Crippen molar-refractivity contribution >= 4 is 17.7 Å². The highest BCUT2D eigenvalue weighted by molar-refractivity contribution is 8.00. The van der Waals surface area contributed by atoms with Gasteiger partial charge in [0.15, 0.2) is 11.0 Å². The maximum absolute atomic E-state index is 12.0. The minimum Gasteiger partial charge on any atom is -0.465 e. The molecule has 3 aromatic rings. The lowest BCUT2D eigenvalue weighted by Gasteiger charge is -2.19. The molecule has 29 heavy (non-hydrogen) atoms. The molecule has 2 aromatic carbocycles. The van der Waals surface area contributed by atoms with Crippen LogP contribution in [0.2, 0.25) is 0 Å². The molecule has 5 nitrogen and oxygen atoms in total. The van der Waals surface area contributed by atoms with Crippen molar-refractivity contribution in [2.24, 2.45) is 0 Å². The molecule has 1 aromatic heterocycles. The van der Waals surface area contributed by atoms with E-state index in [-0.39, 0.29) is 16.6 Å². The summed E-state index contributed by atoms with van der Waals surface area (Å²) >= 11 is 1.43. The van der Waals surface area contributed by atoms with Crippen LogP contribution in [-0.2, 0) is 14.9 Å². The van der Waals surface area contributed by atoms with Crippen molar-refractivity contribution in [3.05, 3.63) is 59.7 Å². The Kier molecular flexibility index (Phi) is 5.21. The summed E-state index contributed by atoms with van der Waals surface area (Å²) in [5, 5.41) is 9.42. The van der Waals surface area contributed by atoms with E-state index < -0.39 is 0 Å². The van der Waals surface area contributed by atoms with E-state index in [4.69, 9.17) is 4.74 Å². The van der Waals surface area contributed by atoms with Crippen molar-refractivity contribution in [2.45, 2.75) is 49.9 Å². The monoisotopic (exact) mass is 407 g/mol. The summed E-state index contributed by atoms with van der Waals surface area (Å²) in [5.41, 5.74) is 4.49. The molecule has 1 unspecified atom stereocenters. The first-order valence-corrected chi connectivity index (χ1v) is 10.7. The Morgan fingerprint density at radius 2 is 1.79 bits per heavy atom. The van der Waals surface area contributed by atoms with Crippen molar-refractivity contribution in [1.29, 1.82) is 0 Å². The van der Waals surface area contributed by atoms with Gasteiger partial charge in [0, 0.05) is 12.0 Å². The van der Waals surface area contributed by atoms with Crippen molar-refractivity contribution in [2.75, 3.05) is 6.61 Å². The van der Waals surface area contributed by atoms with E-state index in [1.807, 2.05) is 12.1 Å². The number of aryl methyl sites for hydroxylation is 1. The summed E-state index contributed by atoms with van der Waals surface area (Å²) in [6.07, 6.45) is 0.694. The molecule has 1 saturated heterocycles. The number of nitrogens with zero attached hydrogens (tertiary/aromatic N) is 3. The highest BCUT2D eigenvalue weighted by atomic mass is 32.2. The molecule has 0 saturated carbocycles. The molecular weight excluding hydrogens is 382 g/mol. The van der Waals surface area contributed by atoms with Crippen molar-refractivity contribution < 1.29 is 9.53 Å². The number of hydrogen-bond donors (Lipinski definition) is 0. The van der Waals surface area contributed by atoms with E-state index in [0.29, 0.717) is 18.2 Å². The number of carbonyl (C=O) groups excluding carboxylic acids is 1. The zero-order chi connectivity index (χ0) is 20.6. The van der Waals surface area contributed by atoms with Crippen LogP contribution in [0, 0.1) is 6.92 Å². The number of esters is 1. The largest absolute Gasteiger partial charge is 0.465 e. The summed E-state index contributed by atoms with van der Waals surface area (Å²) in [5.74, 6) is 0.596. The van der Waals surface area contributed by atoms with Crippen LogP contribution in [0.5, 0.6) is 0 Å². The standard InChI is InChI=1S/C23H25N3O2S/c1-15-7-5-6-8-18(15)26-20(16-9-11-17(12-10-16)23(2,3)4)24-25-22(26)29-19-13-14-28-21(19)27/h5-12,19H,13-14H2,1-4H3. The van der Waals surface area contributed by atoms with Crippen LogP contribution in [0.15, 0.2) is 53.7 Å². The Balaban J connectivity index is 1.80. The van der Waals surface area contributed by atoms with E-state index in [9.17, 15) is 4.79 Å². The van der Waals surface area contributed by atoms with Crippen LogP contribution in [-0.4, -0.2) is 32.6 Å². The molecule has 1 atom stereocenters. The van der Waals surface area contributed by atoms with Gasteiger partial charge in [-0.15, -0.1) is 10.2 Å². The number of aromatic nitrogens is 3. The van der Waals surface area contributed by atoms with E-state index in [1.54, 1.807) is 0 Å². The van der Waals surface area contributed by atoms with Gasteiger partial charge in [-0.2, -0.15) is 0 Å². The number of para-hydroxylation sites is 1. The fourth-order valence-corrected chi connectivity index (χ4v) is 4.41. The third kappa shape index (κ3) is 3.94. The third-order valence-corrected chi connectivity index (χ3v) is 6.32. The van der Waals surface area contributed by atoms with Crippen LogP contribution >= 0.6 is 11.8 Å². The molecule has 2 heterocycles. The molecule has 1 aliphatic rings. The zero-order valence-electron chi connectivity index (χ0n) is 17.2. The van der Waals surface area contributed by atoms with Gasteiger partial charge in [-0.05, 0) is 29.5 Å². The molecule has 0 bridgehead atoms. The lowest BCUT2D eigenvalue weighted by atomic mass is 9.87. The Morgan fingerprint density at radius 3 is 2.41 bits per heavy atom. The zero-order valence-corrected chi connectivity index (χ0v) is 18.0. The molecule has 1 aliphatic heterocycles. The molecule has 0 aliphatic carbocycles. The van der Waals surface area contributed by atoms with Crippen molar-refractivity contribution in [3.8, 4) is 17.1 Å². The number of hydrogen-bond acceptors (Lipinski definition) is 5. The van der Waals surface area contributed by atoms with Gasteiger partial charge in [-0.25, -0.2) is 0 Å². The fourth-order valence-electron chi connectivity index (χ4n) is 3.40. The molecule has 0 N–H and O–H groups in total. The number of cyclic esters (lactones) is 1. The van der Waals surface area contributed by atoms with E-state index in [0.717, 1.165) is 22.6 Å².